The van der Waals surface area contributed by atoms with Crippen molar-refractivity contribution in [3.8, 4) is 11.5 Å². The highest BCUT2D eigenvalue weighted by atomic mass is 35.5. The molecule has 0 aliphatic rings. The van der Waals surface area contributed by atoms with Crippen LogP contribution in [0.25, 0.3) is 0 Å². The summed E-state index contributed by atoms with van der Waals surface area (Å²) in [4.78, 5) is 11.9. The summed E-state index contributed by atoms with van der Waals surface area (Å²) >= 11 is 5.84. The first kappa shape index (κ1) is 17.4. The summed E-state index contributed by atoms with van der Waals surface area (Å²) in [7, 11) is 0. The van der Waals surface area contributed by atoms with Gasteiger partial charge in [0.1, 0.15) is 5.78 Å². The van der Waals surface area contributed by atoms with E-state index in [0.717, 1.165) is 36.3 Å². The molecule has 122 valence electrons. The Labute approximate surface area is 141 Å². The van der Waals surface area contributed by atoms with Gasteiger partial charge >= 0.3 is 0 Å². The molecular weight excluding hydrogens is 312 g/mol. The third kappa shape index (κ3) is 5.95. The van der Waals surface area contributed by atoms with E-state index in [0.29, 0.717) is 12.8 Å². The van der Waals surface area contributed by atoms with Gasteiger partial charge in [-0.2, -0.15) is 0 Å². The van der Waals surface area contributed by atoms with Gasteiger partial charge in [0.05, 0.1) is 0 Å². The molecule has 0 amide bonds. The fraction of sp³-hybridized carbons (Fsp3) is 0.316. The van der Waals surface area contributed by atoms with Gasteiger partial charge in [-0.1, -0.05) is 29.8 Å². The number of phenols is 2. The summed E-state index contributed by atoms with van der Waals surface area (Å²) in [6, 6.07) is 12.5. The van der Waals surface area contributed by atoms with Crippen LogP contribution in [0.1, 0.15) is 36.8 Å². The molecule has 0 heterocycles. The fourth-order valence-electron chi connectivity index (χ4n) is 2.48. The Balaban J connectivity index is 1.65. The third-order valence-electron chi connectivity index (χ3n) is 3.80. The molecule has 0 saturated carbocycles. The molecule has 2 N–H and O–H groups in total. The van der Waals surface area contributed by atoms with Crippen molar-refractivity contribution in [2.24, 2.45) is 0 Å². The van der Waals surface area contributed by atoms with Crippen LogP contribution in [-0.4, -0.2) is 16.0 Å². The van der Waals surface area contributed by atoms with Crippen LogP contribution in [0.15, 0.2) is 42.5 Å². The Morgan fingerprint density at radius 2 is 1.39 bits per heavy atom. The molecule has 0 aliphatic carbocycles. The molecule has 0 aromatic heterocycles. The van der Waals surface area contributed by atoms with Gasteiger partial charge < -0.3 is 10.2 Å². The van der Waals surface area contributed by atoms with Gasteiger partial charge in [-0.05, 0) is 61.1 Å². The monoisotopic (exact) mass is 332 g/mol. The summed E-state index contributed by atoms with van der Waals surface area (Å²) in [5, 5.41) is 19.4. The zero-order valence-corrected chi connectivity index (χ0v) is 13.7. The number of rotatable bonds is 8. The van der Waals surface area contributed by atoms with Crippen molar-refractivity contribution in [3.05, 3.63) is 58.6 Å². The average molecular weight is 333 g/mol. The SMILES string of the molecule is O=C(CCCc1ccc(Cl)cc1)CCCc1ccc(O)c(O)c1. The molecule has 0 unspecified atom stereocenters. The molecule has 0 radical (unpaired) electrons. The lowest BCUT2D eigenvalue weighted by atomic mass is 10.0. The molecule has 0 spiro atoms. The second-order valence-corrected chi connectivity index (χ2v) is 6.13. The van der Waals surface area contributed by atoms with E-state index in [1.165, 1.54) is 11.6 Å². The number of hydrogen-bond acceptors (Lipinski definition) is 3. The number of Topliss-reactive ketones (excluding diaryl/α,β-unsaturated/α-hetero) is 1. The topological polar surface area (TPSA) is 57.5 Å². The van der Waals surface area contributed by atoms with E-state index in [-0.39, 0.29) is 17.3 Å². The van der Waals surface area contributed by atoms with Gasteiger partial charge in [0.15, 0.2) is 11.5 Å². The predicted octanol–water partition coefficient (Wildman–Crippen LogP) is 4.67. The molecule has 0 aliphatic heterocycles. The smallest absolute Gasteiger partial charge is 0.157 e. The lowest BCUT2D eigenvalue weighted by molar-refractivity contribution is -0.119. The first-order valence-corrected chi connectivity index (χ1v) is 8.19. The largest absolute Gasteiger partial charge is 0.504 e. The highest BCUT2D eigenvalue weighted by molar-refractivity contribution is 6.30. The Bertz CT molecular complexity index is 650. The molecule has 23 heavy (non-hydrogen) atoms. The van der Waals surface area contributed by atoms with Crippen molar-refractivity contribution in [1.82, 2.24) is 0 Å². The zero-order chi connectivity index (χ0) is 16.7. The molecule has 0 bridgehead atoms. The van der Waals surface area contributed by atoms with Crippen LogP contribution in [0.2, 0.25) is 5.02 Å². The van der Waals surface area contributed by atoms with Crippen molar-refractivity contribution < 1.29 is 15.0 Å². The summed E-state index contributed by atoms with van der Waals surface area (Å²) in [5.41, 5.74) is 2.12. The molecule has 2 rings (SSSR count). The number of carbonyl (C=O) groups excluding carboxylic acids is 1. The maximum Gasteiger partial charge on any atom is 0.157 e. The van der Waals surface area contributed by atoms with Crippen LogP contribution in [0.5, 0.6) is 11.5 Å². The Hall–Kier alpha value is -2.00. The molecule has 3 nitrogen and oxygen atoms in total. The quantitative estimate of drug-likeness (QED) is 0.691. The molecule has 2 aromatic carbocycles. The number of halogens is 1. The molecule has 4 heteroatoms. The number of aryl methyl sites for hydroxylation is 2. The number of benzene rings is 2. The normalized spacial score (nSPS) is 10.7. The van der Waals surface area contributed by atoms with Crippen molar-refractivity contribution in [3.63, 3.8) is 0 Å². The minimum Gasteiger partial charge on any atom is -0.504 e. The van der Waals surface area contributed by atoms with E-state index in [9.17, 15) is 15.0 Å². The van der Waals surface area contributed by atoms with Crippen molar-refractivity contribution in [2.45, 2.75) is 38.5 Å². The van der Waals surface area contributed by atoms with Gasteiger partial charge in [-0.3, -0.25) is 4.79 Å². The second-order valence-electron chi connectivity index (χ2n) is 5.70. The maximum absolute atomic E-state index is 11.9. The summed E-state index contributed by atoms with van der Waals surface area (Å²) in [6.45, 7) is 0. The van der Waals surface area contributed by atoms with Crippen LogP contribution < -0.4 is 0 Å². The lowest BCUT2D eigenvalue weighted by Crippen LogP contribution is -2.00. The Morgan fingerprint density at radius 1 is 0.826 bits per heavy atom. The maximum atomic E-state index is 11.9. The first-order valence-electron chi connectivity index (χ1n) is 7.81. The molecular formula is C19H21ClO3. The third-order valence-corrected chi connectivity index (χ3v) is 4.05. The first-order chi connectivity index (χ1) is 11.0. The van der Waals surface area contributed by atoms with Crippen LogP contribution >= 0.6 is 11.6 Å². The lowest BCUT2D eigenvalue weighted by Gasteiger charge is -2.04. The molecule has 2 aromatic rings. The van der Waals surface area contributed by atoms with Crippen molar-refractivity contribution in [1.29, 1.82) is 0 Å². The summed E-state index contributed by atoms with van der Waals surface area (Å²) < 4.78 is 0. The standard InChI is InChI=1S/C19H21ClO3/c20-16-10-7-14(8-11-16)3-1-5-17(21)6-2-4-15-9-12-18(22)19(23)13-15/h7-13,22-23H,1-6H2. The van der Waals surface area contributed by atoms with Gasteiger partial charge in [-0.25, -0.2) is 0 Å². The summed E-state index contributed by atoms with van der Waals surface area (Å²) in [6.07, 6.45) is 4.33. The molecule has 0 fully saturated rings. The van der Waals surface area contributed by atoms with Crippen LogP contribution in [0.4, 0.5) is 0 Å². The predicted molar refractivity (Wildman–Crippen MR) is 92.1 cm³/mol. The minimum absolute atomic E-state index is 0.114. The fourth-order valence-corrected chi connectivity index (χ4v) is 2.61. The van der Waals surface area contributed by atoms with Gasteiger partial charge in [0.25, 0.3) is 0 Å². The number of aromatic hydroxyl groups is 2. The van der Waals surface area contributed by atoms with Gasteiger partial charge in [0, 0.05) is 17.9 Å². The number of phenolic OH excluding ortho intramolecular Hbond substituents is 2. The number of ketones is 1. The highest BCUT2D eigenvalue weighted by Gasteiger charge is 2.05. The van der Waals surface area contributed by atoms with Gasteiger partial charge in [-0.15, -0.1) is 0 Å². The van der Waals surface area contributed by atoms with E-state index < -0.39 is 0 Å². The molecule has 0 saturated heterocycles. The van der Waals surface area contributed by atoms with Crippen LogP contribution in [0, 0.1) is 0 Å². The van der Waals surface area contributed by atoms with E-state index in [2.05, 4.69) is 0 Å². The highest BCUT2D eigenvalue weighted by Crippen LogP contribution is 2.25. The summed E-state index contributed by atoms with van der Waals surface area (Å²) in [5.74, 6) is 0.0331. The average Bonchev–Trinajstić information content (AvgIpc) is 2.53. The zero-order valence-electron chi connectivity index (χ0n) is 13.0. The second kappa shape index (κ2) is 8.59. The van der Waals surface area contributed by atoms with E-state index in [1.807, 2.05) is 24.3 Å². The van der Waals surface area contributed by atoms with E-state index in [4.69, 9.17) is 11.6 Å². The molecule has 0 atom stereocenters. The van der Waals surface area contributed by atoms with Gasteiger partial charge in [0.2, 0.25) is 0 Å². The van der Waals surface area contributed by atoms with Crippen molar-refractivity contribution in [2.75, 3.05) is 0 Å². The Morgan fingerprint density at radius 3 is 2.00 bits per heavy atom. The Kier molecular flexibility index (Phi) is 6.48. The van der Waals surface area contributed by atoms with Crippen LogP contribution in [-0.2, 0) is 17.6 Å². The number of carbonyl (C=O) groups is 1. The minimum atomic E-state index is -0.118. The van der Waals surface area contributed by atoms with E-state index >= 15 is 0 Å². The van der Waals surface area contributed by atoms with Crippen LogP contribution in [0.3, 0.4) is 0 Å². The number of hydrogen-bond donors (Lipinski definition) is 2. The van der Waals surface area contributed by atoms with Crippen molar-refractivity contribution >= 4 is 17.4 Å². The van der Waals surface area contributed by atoms with E-state index in [1.54, 1.807) is 12.1 Å².